The molecule has 0 amide bonds. The van der Waals surface area contributed by atoms with Gasteiger partial charge in [-0.15, -0.1) is 0 Å². The lowest BCUT2D eigenvalue weighted by Crippen LogP contribution is -2.05. The van der Waals surface area contributed by atoms with Crippen LogP contribution >= 0.6 is 0 Å². The quantitative estimate of drug-likeness (QED) is 0.694. The zero-order valence-corrected chi connectivity index (χ0v) is 8.89. The van der Waals surface area contributed by atoms with Crippen LogP contribution in [0.5, 0.6) is 0 Å². The molecule has 0 atom stereocenters. The van der Waals surface area contributed by atoms with Crippen LogP contribution in [-0.2, 0) is 7.05 Å². The molecule has 0 radical (unpaired) electrons. The van der Waals surface area contributed by atoms with Gasteiger partial charge in [-0.25, -0.2) is 4.98 Å². The minimum Gasteiger partial charge on any atom is -0.287 e. The van der Waals surface area contributed by atoms with Crippen molar-refractivity contribution < 1.29 is 0 Å². The first-order valence-corrected chi connectivity index (χ1v) is 4.59. The molecule has 0 N–H and O–H groups in total. The van der Waals surface area contributed by atoms with Gasteiger partial charge in [-0.05, 0) is 13.8 Å². The van der Waals surface area contributed by atoms with E-state index in [1.165, 1.54) is 0 Å². The van der Waals surface area contributed by atoms with Gasteiger partial charge in [-0.3, -0.25) is 9.25 Å². The van der Waals surface area contributed by atoms with Crippen molar-refractivity contribution in [2.75, 3.05) is 0 Å². The largest absolute Gasteiger partial charge is 0.287 e. The molecule has 0 aliphatic rings. The van der Waals surface area contributed by atoms with Crippen LogP contribution < -0.4 is 0 Å². The highest BCUT2D eigenvalue weighted by molar-refractivity contribution is 5.47. The maximum atomic E-state index is 9.07. The molecule has 5 heteroatoms. The molecule has 5 nitrogen and oxygen atoms in total. The van der Waals surface area contributed by atoms with Crippen LogP contribution in [0, 0.1) is 25.2 Å². The average molecular weight is 201 g/mol. The number of hydrogen-bond donors (Lipinski definition) is 0. The number of aryl methyl sites for hydroxylation is 3. The molecule has 0 aliphatic carbocycles. The smallest absolute Gasteiger partial charge is 0.154 e. The Morgan fingerprint density at radius 2 is 2.13 bits per heavy atom. The monoisotopic (exact) mass is 201 g/mol. The van der Waals surface area contributed by atoms with Crippen LogP contribution in [0.1, 0.15) is 17.1 Å². The standard InChI is InChI=1S/C10H11N5/c1-7-9(6-11)10(14(3)13-7)15-5-4-12-8(15)2/h4-5H,1-3H3. The van der Waals surface area contributed by atoms with Crippen molar-refractivity contribution in [2.24, 2.45) is 7.05 Å². The Balaban J connectivity index is 2.74. The van der Waals surface area contributed by atoms with Crippen molar-refractivity contribution in [3.8, 4) is 11.9 Å². The predicted octanol–water partition coefficient (Wildman–Crippen LogP) is 1.09. The highest BCUT2D eigenvalue weighted by Crippen LogP contribution is 2.17. The summed E-state index contributed by atoms with van der Waals surface area (Å²) in [6.45, 7) is 3.72. The summed E-state index contributed by atoms with van der Waals surface area (Å²) < 4.78 is 3.56. The Hall–Kier alpha value is -2.09. The molecule has 0 aromatic carbocycles. The van der Waals surface area contributed by atoms with Crippen molar-refractivity contribution in [3.63, 3.8) is 0 Å². The summed E-state index contributed by atoms with van der Waals surface area (Å²) in [6.07, 6.45) is 3.53. The maximum absolute atomic E-state index is 9.07. The third kappa shape index (κ3) is 1.31. The van der Waals surface area contributed by atoms with E-state index in [0.29, 0.717) is 5.56 Å². The molecule has 76 valence electrons. The second-order valence-electron chi connectivity index (χ2n) is 3.36. The fourth-order valence-electron chi connectivity index (χ4n) is 1.66. The van der Waals surface area contributed by atoms with Crippen molar-refractivity contribution in [2.45, 2.75) is 13.8 Å². The Morgan fingerprint density at radius 3 is 2.67 bits per heavy atom. The van der Waals surface area contributed by atoms with E-state index in [0.717, 1.165) is 17.3 Å². The van der Waals surface area contributed by atoms with E-state index in [4.69, 9.17) is 5.26 Å². The summed E-state index contributed by atoms with van der Waals surface area (Å²) in [5, 5.41) is 13.3. The van der Waals surface area contributed by atoms with E-state index < -0.39 is 0 Å². The zero-order valence-electron chi connectivity index (χ0n) is 8.89. The molecule has 15 heavy (non-hydrogen) atoms. The molecule has 0 bridgehead atoms. The third-order valence-corrected chi connectivity index (χ3v) is 2.36. The normalized spacial score (nSPS) is 10.3. The van der Waals surface area contributed by atoms with Gasteiger partial charge in [-0.2, -0.15) is 10.4 Å². The summed E-state index contributed by atoms with van der Waals surface area (Å²) in [5.41, 5.74) is 1.33. The van der Waals surface area contributed by atoms with Crippen LogP contribution in [0.4, 0.5) is 0 Å². The first kappa shape index (κ1) is 9.46. The molecule has 0 unspecified atom stereocenters. The zero-order chi connectivity index (χ0) is 11.0. The predicted molar refractivity (Wildman–Crippen MR) is 54.5 cm³/mol. The molecule has 0 spiro atoms. The van der Waals surface area contributed by atoms with E-state index in [9.17, 15) is 0 Å². The van der Waals surface area contributed by atoms with Gasteiger partial charge in [0.05, 0.1) is 5.69 Å². The van der Waals surface area contributed by atoms with Gasteiger partial charge in [-0.1, -0.05) is 0 Å². The summed E-state index contributed by atoms with van der Waals surface area (Å²) in [5.74, 6) is 1.61. The summed E-state index contributed by atoms with van der Waals surface area (Å²) in [4.78, 5) is 4.13. The van der Waals surface area contributed by atoms with Gasteiger partial charge in [0.25, 0.3) is 0 Å². The molecule has 0 saturated heterocycles. The van der Waals surface area contributed by atoms with Crippen molar-refractivity contribution in [3.05, 3.63) is 29.5 Å². The van der Waals surface area contributed by atoms with Gasteiger partial charge >= 0.3 is 0 Å². The van der Waals surface area contributed by atoms with Crippen molar-refractivity contribution in [1.82, 2.24) is 19.3 Å². The lowest BCUT2D eigenvalue weighted by atomic mass is 10.2. The van der Waals surface area contributed by atoms with Gasteiger partial charge in [0.15, 0.2) is 5.82 Å². The SMILES string of the molecule is Cc1nn(C)c(-n2ccnc2C)c1C#N. The Bertz CT molecular complexity index is 541. The van der Waals surface area contributed by atoms with E-state index in [1.54, 1.807) is 10.9 Å². The molecule has 0 saturated carbocycles. The Labute approximate surface area is 87.6 Å². The van der Waals surface area contributed by atoms with E-state index in [2.05, 4.69) is 16.2 Å². The van der Waals surface area contributed by atoms with Crippen LogP contribution in [0.3, 0.4) is 0 Å². The van der Waals surface area contributed by atoms with Gasteiger partial charge in [0.2, 0.25) is 0 Å². The number of imidazole rings is 1. The summed E-state index contributed by atoms with van der Waals surface area (Å²) in [6, 6.07) is 2.17. The average Bonchev–Trinajstić information content (AvgIpc) is 2.70. The second-order valence-corrected chi connectivity index (χ2v) is 3.36. The van der Waals surface area contributed by atoms with Crippen LogP contribution in [0.25, 0.3) is 5.82 Å². The molecule has 2 heterocycles. The molecule has 2 rings (SSSR count). The van der Waals surface area contributed by atoms with Gasteiger partial charge in [0.1, 0.15) is 17.5 Å². The lowest BCUT2D eigenvalue weighted by Gasteiger charge is -2.05. The second kappa shape index (κ2) is 3.24. The van der Waals surface area contributed by atoms with E-state index in [1.807, 2.05) is 31.7 Å². The molecule has 0 fully saturated rings. The molecule has 0 aliphatic heterocycles. The first-order chi connectivity index (χ1) is 7.15. The van der Waals surface area contributed by atoms with Crippen LogP contribution in [0.15, 0.2) is 12.4 Å². The number of hydrogen-bond acceptors (Lipinski definition) is 3. The number of rotatable bonds is 1. The van der Waals surface area contributed by atoms with Gasteiger partial charge in [0, 0.05) is 19.4 Å². The summed E-state index contributed by atoms with van der Waals surface area (Å²) >= 11 is 0. The third-order valence-electron chi connectivity index (χ3n) is 2.36. The number of nitrogens with zero attached hydrogens (tertiary/aromatic N) is 5. The minimum absolute atomic E-state index is 0.596. The van der Waals surface area contributed by atoms with Crippen LogP contribution in [-0.4, -0.2) is 19.3 Å². The minimum atomic E-state index is 0.596. The first-order valence-electron chi connectivity index (χ1n) is 4.59. The van der Waals surface area contributed by atoms with Gasteiger partial charge < -0.3 is 0 Å². The Morgan fingerprint density at radius 1 is 1.40 bits per heavy atom. The number of aromatic nitrogens is 4. The van der Waals surface area contributed by atoms with E-state index in [-0.39, 0.29) is 0 Å². The summed E-state index contributed by atoms with van der Waals surface area (Å²) in [7, 11) is 1.82. The highest BCUT2D eigenvalue weighted by Gasteiger charge is 2.15. The Kier molecular flexibility index (Phi) is 2.05. The molecular weight excluding hydrogens is 190 g/mol. The maximum Gasteiger partial charge on any atom is 0.154 e. The molecule has 2 aromatic heterocycles. The fourth-order valence-corrected chi connectivity index (χ4v) is 1.66. The topological polar surface area (TPSA) is 59.4 Å². The van der Waals surface area contributed by atoms with Crippen LogP contribution in [0.2, 0.25) is 0 Å². The van der Waals surface area contributed by atoms with Crippen molar-refractivity contribution in [1.29, 1.82) is 5.26 Å². The van der Waals surface area contributed by atoms with Crippen molar-refractivity contribution >= 4 is 0 Å². The fraction of sp³-hybridized carbons (Fsp3) is 0.300. The molecular formula is C10H11N5. The highest BCUT2D eigenvalue weighted by atomic mass is 15.3. The van der Waals surface area contributed by atoms with E-state index >= 15 is 0 Å². The lowest BCUT2D eigenvalue weighted by molar-refractivity contribution is 0.715. The number of nitriles is 1. The molecule has 2 aromatic rings.